The number of nitrogens with zero attached hydrogens (tertiary/aromatic N) is 2. The first-order valence-electron chi connectivity index (χ1n) is 10.8. The molecule has 2 aromatic rings. The number of hydrogen-bond donors (Lipinski definition) is 3. The maximum atomic E-state index is 13.2. The highest BCUT2D eigenvalue weighted by Gasteiger charge is 2.50. The van der Waals surface area contributed by atoms with Crippen LogP contribution in [0.1, 0.15) is 58.7 Å². The Morgan fingerprint density at radius 3 is 2.61 bits per heavy atom. The van der Waals surface area contributed by atoms with Crippen LogP contribution in [0.4, 0.5) is 0 Å². The summed E-state index contributed by atoms with van der Waals surface area (Å²) in [5, 5.41) is 20.7. The maximum absolute atomic E-state index is 13.2. The van der Waals surface area contributed by atoms with E-state index in [9.17, 15) is 29.4 Å². The second-order valence-corrected chi connectivity index (χ2v) is 8.03. The third-order valence-electron chi connectivity index (χ3n) is 5.86. The molecular weight excluding hydrogens is 434 g/mol. The second kappa shape index (κ2) is 9.40. The van der Waals surface area contributed by atoms with Gasteiger partial charge in [-0.2, -0.15) is 0 Å². The van der Waals surface area contributed by atoms with E-state index >= 15 is 0 Å². The number of rotatable bonds is 8. The first-order valence-corrected chi connectivity index (χ1v) is 10.8. The average Bonchev–Trinajstić information content (AvgIpc) is 3.23. The minimum Gasteiger partial charge on any atom is -0.394 e. The van der Waals surface area contributed by atoms with Crippen molar-refractivity contribution in [2.45, 2.75) is 57.1 Å². The molecule has 3 N–H and O–H groups in total. The van der Waals surface area contributed by atoms with Gasteiger partial charge in [0.2, 0.25) is 0 Å². The van der Waals surface area contributed by atoms with Gasteiger partial charge < -0.3 is 14.9 Å². The van der Waals surface area contributed by atoms with Gasteiger partial charge >= 0.3 is 5.69 Å². The lowest BCUT2D eigenvalue weighted by atomic mass is 9.98. The Balaban J connectivity index is 1.64. The average molecular weight is 459 g/mol. The summed E-state index contributed by atoms with van der Waals surface area (Å²) >= 11 is 0. The van der Waals surface area contributed by atoms with E-state index < -0.39 is 54.2 Å². The van der Waals surface area contributed by atoms with Crippen molar-refractivity contribution in [3.63, 3.8) is 0 Å². The molecule has 1 saturated heterocycles. The number of hydrogen-bond acceptors (Lipinski definition) is 8. The van der Waals surface area contributed by atoms with Gasteiger partial charge in [-0.05, 0) is 24.5 Å². The molecule has 1 aromatic heterocycles. The van der Waals surface area contributed by atoms with E-state index in [1.807, 2.05) is 0 Å². The molecule has 0 aliphatic carbocycles. The molecule has 2 amide bonds. The number of benzene rings is 1. The fourth-order valence-electron chi connectivity index (χ4n) is 4.16. The maximum Gasteiger partial charge on any atom is 0.330 e. The Kier molecular flexibility index (Phi) is 6.56. The first kappa shape index (κ1) is 23.1. The number of ether oxygens (including phenoxy) is 1. The summed E-state index contributed by atoms with van der Waals surface area (Å²) in [5.41, 5.74) is -0.299. The number of aromatic amines is 1. The Bertz CT molecular complexity index is 1170. The van der Waals surface area contributed by atoms with Crippen LogP contribution in [0.25, 0.3) is 0 Å². The van der Waals surface area contributed by atoms with Gasteiger partial charge in [0, 0.05) is 12.3 Å². The number of aliphatic hydroxyl groups excluding tert-OH is 2. The first-order chi connectivity index (χ1) is 15.9. The van der Waals surface area contributed by atoms with Gasteiger partial charge in [0.1, 0.15) is 12.2 Å². The molecule has 0 radical (unpaired) electrons. The number of aliphatic hydroxyl groups is 2. The molecule has 11 heteroatoms. The van der Waals surface area contributed by atoms with E-state index in [0.717, 1.165) is 41.7 Å². The molecule has 2 aliphatic heterocycles. The minimum absolute atomic E-state index is 0.193. The predicted octanol–water partition coefficient (Wildman–Crippen LogP) is 0.116. The molecule has 176 valence electrons. The lowest BCUT2D eigenvalue weighted by molar-refractivity contribution is -0.178. The van der Waals surface area contributed by atoms with Crippen LogP contribution < -0.4 is 11.2 Å². The molecule has 0 saturated carbocycles. The molecule has 33 heavy (non-hydrogen) atoms. The molecule has 0 unspecified atom stereocenters. The Morgan fingerprint density at radius 1 is 1.12 bits per heavy atom. The van der Waals surface area contributed by atoms with Crippen molar-refractivity contribution >= 4 is 11.8 Å². The molecule has 4 rings (SSSR count). The number of aryl methyl sites for hydroxylation is 1. The molecule has 0 bridgehead atoms. The van der Waals surface area contributed by atoms with Crippen molar-refractivity contribution in [2.75, 3.05) is 6.61 Å². The van der Waals surface area contributed by atoms with Crippen LogP contribution in [-0.2, 0) is 16.0 Å². The monoisotopic (exact) mass is 459 g/mol. The summed E-state index contributed by atoms with van der Waals surface area (Å²) in [6.45, 7) is 1.47. The second-order valence-electron chi connectivity index (χ2n) is 8.03. The van der Waals surface area contributed by atoms with E-state index in [-0.39, 0.29) is 11.1 Å². The lowest BCUT2D eigenvalue weighted by Gasteiger charge is -2.25. The molecule has 11 nitrogen and oxygen atoms in total. The number of unbranched alkanes of at least 4 members (excludes halogenated alkanes) is 2. The fraction of sp³-hybridized carbons (Fsp3) is 0.455. The van der Waals surface area contributed by atoms with Crippen LogP contribution in [0.2, 0.25) is 0 Å². The summed E-state index contributed by atoms with van der Waals surface area (Å²) in [6, 6.07) is 6.10. The molecule has 1 fully saturated rings. The van der Waals surface area contributed by atoms with Crippen molar-refractivity contribution in [3.8, 4) is 0 Å². The van der Waals surface area contributed by atoms with E-state index in [1.165, 1.54) is 6.07 Å². The zero-order valence-electron chi connectivity index (χ0n) is 18.0. The van der Waals surface area contributed by atoms with Gasteiger partial charge in [0.15, 0.2) is 12.3 Å². The largest absolute Gasteiger partial charge is 0.394 e. The number of carbonyl (C=O) groups is 2. The van der Waals surface area contributed by atoms with E-state index in [4.69, 9.17) is 9.57 Å². The summed E-state index contributed by atoms with van der Waals surface area (Å²) in [7, 11) is 0. The van der Waals surface area contributed by atoms with Crippen molar-refractivity contribution in [1.82, 2.24) is 14.6 Å². The highest BCUT2D eigenvalue weighted by Crippen LogP contribution is 2.34. The summed E-state index contributed by atoms with van der Waals surface area (Å²) in [4.78, 5) is 57.5. The van der Waals surface area contributed by atoms with Crippen molar-refractivity contribution in [3.05, 3.63) is 68.0 Å². The lowest BCUT2D eigenvalue weighted by Crippen LogP contribution is -2.44. The van der Waals surface area contributed by atoms with Gasteiger partial charge in [-0.15, -0.1) is 5.06 Å². The quantitative estimate of drug-likeness (QED) is 0.372. The highest BCUT2D eigenvalue weighted by molar-refractivity contribution is 6.21. The van der Waals surface area contributed by atoms with Crippen molar-refractivity contribution in [2.24, 2.45) is 0 Å². The SMILES string of the molecule is CCCCCc1cccc2c1C(=O)N(O[C@@H]1[C@H](O)[C@@H](CO)O[C@H]1n1ccc(=O)[nH]c1=O)C2=O. The molecule has 4 atom stereocenters. The predicted molar refractivity (Wildman–Crippen MR) is 113 cm³/mol. The number of H-pyrrole nitrogens is 1. The number of amides is 2. The topological polar surface area (TPSA) is 151 Å². The fourth-order valence-corrected chi connectivity index (χ4v) is 4.16. The zero-order valence-corrected chi connectivity index (χ0v) is 18.0. The van der Waals surface area contributed by atoms with Crippen LogP contribution in [0, 0.1) is 0 Å². The standard InChI is InChI=1S/C22H25N3O8/c1-2-3-4-6-12-7-5-8-13-16(12)20(30)25(19(13)29)33-18-17(28)14(11-26)32-21(18)24-10-9-15(27)23-22(24)31/h5,7-10,14,17-18,21,26,28H,2-4,6,11H2,1H3,(H,23,27,31)/t14-,17-,18-,21-/m1/s1. The van der Waals surface area contributed by atoms with E-state index in [0.29, 0.717) is 11.5 Å². The molecule has 3 heterocycles. The van der Waals surface area contributed by atoms with Gasteiger partial charge in [-0.1, -0.05) is 31.9 Å². The van der Waals surface area contributed by atoms with Crippen molar-refractivity contribution < 1.29 is 29.4 Å². The number of aromatic nitrogens is 2. The van der Waals surface area contributed by atoms with Gasteiger partial charge in [0.05, 0.1) is 17.7 Å². The number of imide groups is 1. The smallest absolute Gasteiger partial charge is 0.330 e. The van der Waals surface area contributed by atoms with E-state index in [1.54, 1.807) is 12.1 Å². The minimum atomic E-state index is -1.47. The number of carbonyl (C=O) groups excluding carboxylic acids is 2. The van der Waals surface area contributed by atoms with Crippen LogP contribution in [0.15, 0.2) is 40.1 Å². The number of hydroxylamine groups is 2. The Morgan fingerprint density at radius 2 is 1.91 bits per heavy atom. The van der Waals surface area contributed by atoms with Crippen LogP contribution in [0.5, 0.6) is 0 Å². The third-order valence-corrected chi connectivity index (χ3v) is 5.86. The number of nitrogens with one attached hydrogen (secondary N) is 1. The van der Waals surface area contributed by atoms with Crippen molar-refractivity contribution in [1.29, 1.82) is 0 Å². The highest BCUT2D eigenvalue weighted by atomic mass is 16.7. The van der Waals surface area contributed by atoms with E-state index in [2.05, 4.69) is 11.9 Å². The van der Waals surface area contributed by atoms with Gasteiger partial charge in [-0.25, -0.2) is 4.79 Å². The molecule has 1 aromatic carbocycles. The Labute approximate surface area is 188 Å². The molecular formula is C22H25N3O8. The van der Waals surface area contributed by atoms with Crippen LogP contribution in [-0.4, -0.2) is 61.6 Å². The van der Waals surface area contributed by atoms with Crippen LogP contribution in [0.3, 0.4) is 0 Å². The Hall–Kier alpha value is -3.12. The normalized spacial score (nSPS) is 24.5. The summed E-state index contributed by atoms with van der Waals surface area (Å²) < 4.78 is 6.51. The summed E-state index contributed by atoms with van der Waals surface area (Å²) in [5.74, 6) is -1.37. The van der Waals surface area contributed by atoms with Gasteiger partial charge in [0.25, 0.3) is 17.4 Å². The number of fused-ring (bicyclic) bond motifs is 1. The molecule has 2 aliphatic rings. The van der Waals surface area contributed by atoms with Gasteiger partial charge in [-0.3, -0.25) is 28.8 Å². The summed E-state index contributed by atoms with van der Waals surface area (Å²) in [6.07, 6.45) is -0.689. The zero-order chi connectivity index (χ0) is 23.7. The van der Waals surface area contributed by atoms with Crippen LogP contribution >= 0.6 is 0 Å². The third kappa shape index (κ3) is 4.15. The molecule has 0 spiro atoms.